The van der Waals surface area contributed by atoms with Crippen LogP contribution >= 0.6 is 0 Å². The van der Waals surface area contributed by atoms with Crippen LogP contribution in [0, 0.1) is 5.41 Å². The van der Waals surface area contributed by atoms with Crippen LogP contribution in [0.2, 0.25) is 0 Å². The predicted molar refractivity (Wildman–Crippen MR) is 55.0 cm³/mol. The molecule has 0 spiro atoms. The van der Waals surface area contributed by atoms with Crippen molar-refractivity contribution >= 4 is 6.21 Å². The summed E-state index contributed by atoms with van der Waals surface area (Å²) in [5.41, 5.74) is 6.35. The van der Waals surface area contributed by atoms with Gasteiger partial charge in [-0.2, -0.15) is 0 Å². The maximum atomic E-state index is 5.17. The lowest BCUT2D eigenvalue weighted by atomic mass is 9.92. The second-order valence-corrected chi connectivity index (χ2v) is 3.59. The van der Waals surface area contributed by atoms with Crippen molar-refractivity contribution in [2.75, 3.05) is 0 Å². The van der Waals surface area contributed by atoms with Crippen molar-refractivity contribution in [3.8, 4) is 0 Å². The van der Waals surface area contributed by atoms with Gasteiger partial charge in [0.15, 0.2) is 0 Å². The summed E-state index contributed by atoms with van der Waals surface area (Å²) in [6.07, 6.45) is 6.91. The molecular formula is C10H18N2. The van der Waals surface area contributed by atoms with Crippen LogP contribution in [0.15, 0.2) is 29.0 Å². The number of nitrogens with two attached hydrogens (primary N) is 1. The molecule has 12 heavy (non-hydrogen) atoms. The summed E-state index contributed by atoms with van der Waals surface area (Å²) in [7, 11) is 0. The third kappa shape index (κ3) is 3.96. The Morgan fingerprint density at radius 1 is 1.33 bits per heavy atom. The van der Waals surface area contributed by atoms with Gasteiger partial charge in [0, 0.05) is 17.3 Å². The Balaban J connectivity index is 4.41. The first-order valence-corrected chi connectivity index (χ1v) is 4.10. The Hall–Kier alpha value is -1.05. The number of allylic oxidation sites excluding steroid dienone is 3. The number of aliphatic imine (C=N–C) groups is 1. The molecule has 0 aromatic heterocycles. The smallest absolute Gasteiger partial charge is 0.0414 e. The molecule has 0 rings (SSSR count). The molecule has 0 unspecified atom stereocenters. The zero-order chi connectivity index (χ0) is 9.61. The van der Waals surface area contributed by atoms with Crippen molar-refractivity contribution in [1.29, 1.82) is 0 Å². The maximum Gasteiger partial charge on any atom is 0.0414 e. The van der Waals surface area contributed by atoms with Crippen LogP contribution in [-0.2, 0) is 0 Å². The molecule has 2 heteroatoms. The van der Waals surface area contributed by atoms with Gasteiger partial charge in [-0.05, 0) is 19.2 Å². The third-order valence-corrected chi connectivity index (χ3v) is 1.45. The monoisotopic (exact) mass is 166 g/mol. The van der Waals surface area contributed by atoms with Crippen molar-refractivity contribution < 1.29 is 0 Å². The topological polar surface area (TPSA) is 38.4 Å². The molecule has 0 amide bonds. The van der Waals surface area contributed by atoms with Crippen molar-refractivity contribution in [3.63, 3.8) is 0 Å². The zero-order valence-corrected chi connectivity index (χ0v) is 8.33. The molecule has 0 saturated heterocycles. The van der Waals surface area contributed by atoms with E-state index >= 15 is 0 Å². The van der Waals surface area contributed by atoms with E-state index in [0.717, 1.165) is 5.70 Å². The summed E-state index contributed by atoms with van der Waals surface area (Å²) in [5.74, 6) is 0. The van der Waals surface area contributed by atoms with E-state index in [0.29, 0.717) is 0 Å². The summed E-state index contributed by atoms with van der Waals surface area (Å²) in [6.45, 7) is 8.38. The number of hydrogen-bond donors (Lipinski definition) is 1. The van der Waals surface area contributed by atoms with Gasteiger partial charge in [0.05, 0.1) is 0 Å². The van der Waals surface area contributed by atoms with Gasteiger partial charge in [-0.15, -0.1) is 0 Å². The average Bonchev–Trinajstić information content (AvgIpc) is 1.95. The van der Waals surface area contributed by atoms with Crippen molar-refractivity contribution in [2.24, 2.45) is 16.1 Å². The Morgan fingerprint density at radius 2 is 1.92 bits per heavy atom. The molecule has 0 atom stereocenters. The highest BCUT2D eigenvalue weighted by Crippen LogP contribution is 2.25. The molecule has 68 valence electrons. The molecule has 0 heterocycles. The zero-order valence-electron chi connectivity index (χ0n) is 8.33. The first kappa shape index (κ1) is 11.0. The average molecular weight is 166 g/mol. The molecule has 0 aliphatic carbocycles. The van der Waals surface area contributed by atoms with Gasteiger partial charge in [0.25, 0.3) is 0 Å². The van der Waals surface area contributed by atoms with Crippen molar-refractivity contribution in [3.05, 3.63) is 24.0 Å². The van der Waals surface area contributed by atoms with Crippen LogP contribution in [-0.4, -0.2) is 6.21 Å². The van der Waals surface area contributed by atoms with Crippen LogP contribution < -0.4 is 5.73 Å². The van der Waals surface area contributed by atoms with E-state index in [-0.39, 0.29) is 5.41 Å². The standard InChI is InChI=1S/C10H18N2/c1-5-9(10(2,3)4)12-8-6-7-11/h5-8H,11H2,1-4H3/b7-6-,9-5-,12-8-. The van der Waals surface area contributed by atoms with Gasteiger partial charge in [-0.25, -0.2) is 0 Å². The maximum absolute atomic E-state index is 5.17. The third-order valence-electron chi connectivity index (χ3n) is 1.45. The minimum Gasteiger partial charge on any atom is -0.405 e. The molecule has 2 nitrogen and oxygen atoms in total. The van der Waals surface area contributed by atoms with Gasteiger partial charge in [0.1, 0.15) is 0 Å². The van der Waals surface area contributed by atoms with Crippen LogP contribution in [0.1, 0.15) is 27.7 Å². The predicted octanol–water partition coefficient (Wildman–Crippen LogP) is 2.48. The lowest BCUT2D eigenvalue weighted by Gasteiger charge is -2.18. The highest BCUT2D eigenvalue weighted by atomic mass is 14.7. The summed E-state index contributed by atoms with van der Waals surface area (Å²) in [5, 5.41) is 0. The van der Waals surface area contributed by atoms with Crippen LogP contribution in [0.3, 0.4) is 0 Å². The van der Waals surface area contributed by atoms with Gasteiger partial charge < -0.3 is 5.73 Å². The molecule has 0 bridgehead atoms. The minimum absolute atomic E-state index is 0.105. The first-order chi connectivity index (χ1) is 5.52. The van der Waals surface area contributed by atoms with Crippen molar-refractivity contribution in [2.45, 2.75) is 27.7 Å². The fourth-order valence-electron chi connectivity index (χ4n) is 0.874. The van der Waals surface area contributed by atoms with E-state index in [9.17, 15) is 0 Å². The Labute approximate surface area is 74.9 Å². The highest BCUT2D eigenvalue weighted by Gasteiger charge is 2.14. The molecule has 0 saturated carbocycles. The summed E-state index contributed by atoms with van der Waals surface area (Å²) >= 11 is 0. The molecule has 0 radical (unpaired) electrons. The van der Waals surface area contributed by atoms with Crippen LogP contribution in [0.25, 0.3) is 0 Å². The molecule has 0 aliphatic rings. The highest BCUT2D eigenvalue weighted by molar-refractivity contribution is 5.72. The molecule has 0 aromatic rings. The number of rotatable bonds is 2. The molecule has 0 aromatic carbocycles. The number of hydrogen-bond acceptors (Lipinski definition) is 2. The summed E-state index contributed by atoms with van der Waals surface area (Å²) in [6, 6.07) is 0. The van der Waals surface area contributed by atoms with Crippen LogP contribution in [0.4, 0.5) is 0 Å². The fraction of sp³-hybridized carbons (Fsp3) is 0.500. The first-order valence-electron chi connectivity index (χ1n) is 4.10. The van der Waals surface area contributed by atoms with Gasteiger partial charge in [-0.1, -0.05) is 26.8 Å². The van der Waals surface area contributed by atoms with Crippen LogP contribution in [0.5, 0.6) is 0 Å². The molecule has 0 aliphatic heterocycles. The van der Waals surface area contributed by atoms with Gasteiger partial charge in [-0.3, -0.25) is 4.99 Å². The van der Waals surface area contributed by atoms with E-state index in [1.54, 1.807) is 12.3 Å². The van der Waals surface area contributed by atoms with E-state index in [2.05, 4.69) is 25.8 Å². The van der Waals surface area contributed by atoms with E-state index in [4.69, 9.17) is 5.73 Å². The normalized spacial score (nSPS) is 14.8. The molecule has 0 fully saturated rings. The second-order valence-electron chi connectivity index (χ2n) is 3.59. The molecule has 2 N–H and O–H groups in total. The van der Waals surface area contributed by atoms with Gasteiger partial charge >= 0.3 is 0 Å². The lowest BCUT2D eigenvalue weighted by molar-refractivity contribution is 0.498. The summed E-state index contributed by atoms with van der Waals surface area (Å²) < 4.78 is 0. The quantitative estimate of drug-likeness (QED) is 0.629. The second kappa shape index (κ2) is 4.75. The summed E-state index contributed by atoms with van der Waals surface area (Å²) in [4.78, 5) is 4.27. The Bertz CT molecular complexity index is 204. The minimum atomic E-state index is 0.105. The van der Waals surface area contributed by atoms with E-state index in [1.807, 2.05) is 13.0 Å². The van der Waals surface area contributed by atoms with Gasteiger partial charge in [0.2, 0.25) is 0 Å². The van der Waals surface area contributed by atoms with E-state index < -0.39 is 0 Å². The Morgan fingerprint density at radius 3 is 2.25 bits per heavy atom. The Kier molecular flexibility index (Phi) is 4.34. The van der Waals surface area contributed by atoms with E-state index in [1.165, 1.54) is 6.20 Å². The largest absolute Gasteiger partial charge is 0.405 e. The SMILES string of the molecule is C\C=C(/N=C\C=C/N)C(C)(C)C. The van der Waals surface area contributed by atoms with Crippen molar-refractivity contribution in [1.82, 2.24) is 0 Å². The number of nitrogens with zero attached hydrogens (tertiary/aromatic N) is 1. The fourth-order valence-corrected chi connectivity index (χ4v) is 0.874. The molecular weight excluding hydrogens is 148 g/mol. The lowest BCUT2D eigenvalue weighted by Crippen LogP contribution is -2.07.